The number of amides is 2. The summed E-state index contributed by atoms with van der Waals surface area (Å²) in [6.45, 7) is 3.04. The highest BCUT2D eigenvalue weighted by Gasteiger charge is 2.10. The summed E-state index contributed by atoms with van der Waals surface area (Å²) in [6.07, 6.45) is -1.12. The van der Waals surface area contributed by atoms with E-state index in [9.17, 15) is 9.59 Å². The first-order valence-electron chi connectivity index (χ1n) is 5.42. The van der Waals surface area contributed by atoms with Crippen LogP contribution in [0.15, 0.2) is 22.7 Å². The second-order valence-electron chi connectivity index (χ2n) is 3.90. The van der Waals surface area contributed by atoms with E-state index in [1.54, 1.807) is 6.07 Å². The van der Waals surface area contributed by atoms with Crippen LogP contribution in [0, 0.1) is 6.92 Å². The minimum absolute atomic E-state index is 0.167. The molecule has 0 aliphatic rings. The first-order valence-corrected chi connectivity index (χ1v) is 6.21. The van der Waals surface area contributed by atoms with Gasteiger partial charge in [-0.2, -0.15) is 0 Å². The molecular formula is C12H15BrN2O3. The number of aliphatic hydroxyl groups excluding tert-OH is 1. The van der Waals surface area contributed by atoms with E-state index in [-0.39, 0.29) is 12.5 Å². The number of aliphatic hydroxyl groups is 1. The van der Waals surface area contributed by atoms with Crippen LogP contribution < -0.4 is 10.6 Å². The molecule has 18 heavy (non-hydrogen) atoms. The molecule has 98 valence electrons. The van der Waals surface area contributed by atoms with Crippen molar-refractivity contribution in [1.29, 1.82) is 0 Å². The van der Waals surface area contributed by atoms with E-state index in [4.69, 9.17) is 5.11 Å². The van der Waals surface area contributed by atoms with Gasteiger partial charge in [0.25, 0.3) is 0 Å². The minimum Gasteiger partial charge on any atom is -0.384 e. The van der Waals surface area contributed by atoms with Crippen LogP contribution in [0.5, 0.6) is 0 Å². The van der Waals surface area contributed by atoms with E-state index in [2.05, 4.69) is 26.6 Å². The number of carbonyl (C=O) groups is 2. The predicted octanol–water partition coefficient (Wildman–Crippen LogP) is 1.19. The van der Waals surface area contributed by atoms with Crippen LogP contribution in [-0.4, -0.2) is 29.6 Å². The van der Waals surface area contributed by atoms with Gasteiger partial charge in [0.2, 0.25) is 11.8 Å². The number of benzene rings is 1. The largest absolute Gasteiger partial charge is 0.384 e. The molecule has 0 bridgehead atoms. The van der Waals surface area contributed by atoms with E-state index < -0.39 is 12.0 Å². The van der Waals surface area contributed by atoms with E-state index in [1.807, 2.05) is 19.1 Å². The molecule has 0 saturated heterocycles. The fourth-order valence-electron chi connectivity index (χ4n) is 1.28. The number of anilines is 1. The highest BCUT2D eigenvalue weighted by Crippen LogP contribution is 2.19. The second kappa shape index (κ2) is 6.51. The Kier molecular flexibility index (Phi) is 5.30. The molecule has 1 aromatic rings. The number of hydrogen-bond donors (Lipinski definition) is 3. The Morgan fingerprint density at radius 3 is 2.67 bits per heavy atom. The lowest BCUT2D eigenvalue weighted by atomic mass is 10.2. The quantitative estimate of drug-likeness (QED) is 0.781. The molecule has 1 atom stereocenters. The van der Waals surface area contributed by atoms with Crippen molar-refractivity contribution in [3.05, 3.63) is 28.2 Å². The number of nitrogens with one attached hydrogen (secondary N) is 2. The molecule has 0 aliphatic heterocycles. The van der Waals surface area contributed by atoms with Gasteiger partial charge in [0.15, 0.2) is 0 Å². The monoisotopic (exact) mass is 314 g/mol. The molecule has 0 radical (unpaired) electrons. The van der Waals surface area contributed by atoms with Crippen molar-refractivity contribution in [2.75, 3.05) is 11.9 Å². The number of hydrogen-bond acceptors (Lipinski definition) is 3. The van der Waals surface area contributed by atoms with Crippen molar-refractivity contribution in [3.63, 3.8) is 0 Å². The SMILES string of the molecule is Cc1cc(Br)ccc1NC(=O)CNC(=O)C(C)O. The summed E-state index contributed by atoms with van der Waals surface area (Å²) in [5.41, 5.74) is 1.61. The van der Waals surface area contributed by atoms with Crippen molar-refractivity contribution in [3.8, 4) is 0 Å². The molecule has 0 saturated carbocycles. The van der Waals surface area contributed by atoms with Gasteiger partial charge in [-0.25, -0.2) is 0 Å². The Labute approximate surface area is 114 Å². The highest BCUT2D eigenvalue weighted by atomic mass is 79.9. The van der Waals surface area contributed by atoms with Crippen molar-refractivity contribution in [2.24, 2.45) is 0 Å². The summed E-state index contributed by atoms with van der Waals surface area (Å²) < 4.78 is 0.931. The normalized spacial score (nSPS) is 11.8. The van der Waals surface area contributed by atoms with Crippen LogP contribution in [-0.2, 0) is 9.59 Å². The van der Waals surface area contributed by atoms with E-state index in [1.165, 1.54) is 6.92 Å². The van der Waals surface area contributed by atoms with Gasteiger partial charge in [-0.05, 0) is 37.6 Å². The average molecular weight is 315 g/mol. The molecule has 0 aromatic heterocycles. The zero-order valence-corrected chi connectivity index (χ0v) is 11.7. The fraction of sp³-hybridized carbons (Fsp3) is 0.333. The topological polar surface area (TPSA) is 78.4 Å². The number of halogens is 1. The maximum atomic E-state index is 11.6. The molecule has 2 amide bonds. The van der Waals surface area contributed by atoms with Gasteiger partial charge >= 0.3 is 0 Å². The van der Waals surface area contributed by atoms with Crippen molar-refractivity contribution in [1.82, 2.24) is 5.32 Å². The van der Waals surface area contributed by atoms with Crippen molar-refractivity contribution < 1.29 is 14.7 Å². The molecule has 1 aromatic carbocycles. The van der Waals surface area contributed by atoms with E-state index in [0.29, 0.717) is 5.69 Å². The second-order valence-corrected chi connectivity index (χ2v) is 4.82. The standard InChI is InChI=1S/C12H15BrN2O3/c1-7-5-9(13)3-4-10(7)15-11(17)6-14-12(18)8(2)16/h3-5,8,16H,6H2,1-2H3,(H,14,18)(H,15,17). The van der Waals surface area contributed by atoms with Gasteiger partial charge in [-0.1, -0.05) is 15.9 Å². The molecule has 1 rings (SSSR count). The first kappa shape index (κ1) is 14.7. The third-order valence-electron chi connectivity index (χ3n) is 2.27. The average Bonchev–Trinajstić information content (AvgIpc) is 2.29. The van der Waals surface area contributed by atoms with Gasteiger partial charge in [0.1, 0.15) is 6.10 Å². The number of carbonyl (C=O) groups excluding carboxylic acids is 2. The Hall–Kier alpha value is -1.40. The molecule has 1 unspecified atom stereocenters. The molecular weight excluding hydrogens is 300 g/mol. The van der Waals surface area contributed by atoms with Crippen molar-refractivity contribution in [2.45, 2.75) is 20.0 Å². The van der Waals surface area contributed by atoms with E-state index >= 15 is 0 Å². The van der Waals surface area contributed by atoms with Crippen LogP contribution in [0.25, 0.3) is 0 Å². The zero-order valence-electron chi connectivity index (χ0n) is 10.2. The highest BCUT2D eigenvalue weighted by molar-refractivity contribution is 9.10. The third kappa shape index (κ3) is 4.46. The molecule has 0 fully saturated rings. The Morgan fingerprint density at radius 2 is 2.11 bits per heavy atom. The molecule has 0 spiro atoms. The maximum Gasteiger partial charge on any atom is 0.248 e. The smallest absolute Gasteiger partial charge is 0.248 e. The van der Waals surface area contributed by atoms with Gasteiger partial charge in [-0.3, -0.25) is 9.59 Å². The number of rotatable bonds is 4. The van der Waals surface area contributed by atoms with Crippen LogP contribution in [0.2, 0.25) is 0 Å². The summed E-state index contributed by atoms with van der Waals surface area (Å²) in [6, 6.07) is 5.47. The Morgan fingerprint density at radius 1 is 1.44 bits per heavy atom. The molecule has 0 heterocycles. The van der Waals surface area contributed by atoms with Crippen LogP contribution in [0.1, 0.15) is 12.5 Å². The summed E-state index contributed by atoms with van der Waals surface area (Å²) in [7, 11) is 0. The van der Waals surface area contributed by atoms with Gasteiger partial charge in [0, 0.05) is 10.2 Å². The van der Waals surface area contributed by atoms with E-state index in [0.717, 1.165) is 10.0 Å². The summed E-state index contributed by atoms with van der Waals surface area (Å²) in [4.78, 5) is 22.6. The Balaban J connectivity index is 2.52. The number of aryl methyl sites for hydroxylation is 1. The molecule has 5 nitrogen and oxygen atoms in total. The van der Waals surface area contributed by atoms with Crippen LogP contribution >= 0.6 is 15.9 Å². The Bertz CT molecular complexity index is 461. The third-order valence-corrected chi connectivity index (χ3v) is 2.76. The first-order chi connectivity index (χ1) is 8.40. The lowest BCUT2D eigenvalue weighted by molar-refractivity contribution is -0.130. The maximum absolute atomic E-state index is 11.6. The van der Waals surface area contributed by atoms with Crippen LogP contribution in [0.4, 0.5) is 5.69 Å². The molecule has 6 heteroatoms. The zero-order chi connectivity index (χ0) is 13.7. The lowest BCUT2D eigenvalue weighted by Crippen LogP contribution is -2.38. The van der Waals surface area contributed by atoms with Gasteiger partial charge < -0.3 is 15.7 Å². The van der Waals surface area contributed by atoms with Gasteiger partial charge in [-0.15, -0.1) is 0 Å². The minimum atomic E-state index is -1.12. The summed E-state index contributed by atoms with van der Waals surface area (Å²) >= 11 is 3.33. The predicted molar refractivity (Wildman–Crippen MR) is 72.2 cm³/mol. The summed E-state index contributed by atoms with van der Waals surface area (Å²) in [5.74, 6) is -0.910. The van der Waals surface area contributed by atoms with Crippen molar-refractivity contribution >= 4 is 33.4 Å². The summed E-state index contributed by atoms with van der Waals surface area (Å²) in [5, 5.41) is 13.9. The molecule has 0 aliphatic carbocycles. The lowest BCUT2D eigenvalue weighted by Gasteiger charge is -2.10. The fourth-order valence-corrected chi connectivity index (χ4v) is 1.75. The van der Waals surface area contributed by atoms with Crippen LogP contribution in [0.3, 0.4) is 0 Å². The molecule has 3 N–H and O–H groups in total. The van der Waals surface area contributed by atoms with Gasteiger partial charge in [0.05, 0.1) is 6.54 Å².